The van der Waals surface area contributed by atoms with Crippen LogP contribution in [0.5, 0.6) is 0 Å². The van der Waals surface area contributed by atoms with Crippen molar-refractivity contribution >= 4 is 0 Å². The fourth-order valence-corrected chi connectivity index (χ4v) is 1.84. The minimum atomic E-state index is 0.377. The number of ether oxygens (including phenoxy) is 1. The third kappa shape index (κ3) is 2.46. The summed E-state index contributed by atoms with van der Waals surface area (Å²) in [5, 5.41) is 0. The maximum Gasteiger partial charge on any atom is 0.0656 e. The van der Waals surface area contributed by atoms with Gasteiger partial charge in [-0.05, 0) is 25.3 Å². The van der Waals surface area contributed by atoms with Gasteiger partial charge in [0.1, 0.15) is 0 Å². The normalized spacial score (nSPS) is 21.8. The van der Waals surface area contributed by atoms with Crippen molar-refractivity contribution in [2.75, 3.05) is 6.61 Å². The minimum Gasteiger partial charge on any atom is -0.373 e. The van der Waals surface area contributed by atoms with Gasteiger partial charge < -0.3 is 4.74 Å². The molecule has 1 nitrogen and oxygen atoms in total. The Morgan fingerprint density at radius 2 is 2.07 bits per heavy atom. The van der Waals surface area contributed by atoms with E-state index in [4.69, 9.17) is 4.74 Å². The minimum absolute atomic E-state index is 0.377. The first-order chi connectivity index (χ1) is 6.84. The van der Waals surface area contributed by atoms with Crippen LogP contribution < -0.4 is 0 Å². The van der Waals surface area contributed by atoms with E-state index >= 15 is 0 Å². The van der Waals surface area contributed by atoms with Crippen LogP contribution in [0.25, 0.3) is 0 Å². The molecule has 1 heteroatoms. The fourth-order valence-electron chi connectivity index (χ4n) is 1.84. The molecule has 0 amide bonds. The summed E-state index contributed by atoms with van der Waals surface area (Å²) in [6, 6.07) is 10.5. The first-order valence-electron chi connectivity index (χ1n) is 5.16. The zero-order chi connectivity index (χ0) is 9.80. The van der Waals surface area contributed by atoms with Gasteiger partial charge in [0, 0.05) is 0 Å². The zero-order valence-electron chi connectivity index (χ0n) is 8.57. The SMILES string of the molecule is CC1=CCOC(Cc2ccccc2)C1. The van der Waals surface area contributed by atoms with Gasteiger partial charge in [-0.2, -0.15) is 0 Å². The highest BCUT2D eigenvalue weighted by Crippen LogP contribution is 2.17. The average Bonchev–Trinajstić information content (AvgIpc) is 2.19. The molecule has 0 radical (unpaired) electrons. The summed E-state index contributed by atoms with van der Waals surface area (Å²) in [7, 11) is 0. The number of hydrogen-bond acceptors (Lipinski definition) is 1. The molecule has 14 heavy (non-hydrogen) atoms. The molecule has 1 aliphatic heterocycles. The van der Waals surface area contributed by atoms with E-state index in [-0.39, 0.29) is 0 Å². The molecule has 0 saturated heterocycles. The smallest absolute Gasteiger partial charge is 0.0656 e. The van der Waals surface area contributed by atoms with Gasteiger partial charge in [-0.15, -0.1) is 0 Å². The summed E-state index contributed by atoms with van der Waals surface area (Å²) in [5.74, 6) is 0. The van der Waals surface area contributed by atoms with Crippen molar-refractivity contribution in [2.45, 2.75) is 25.9 Å². The first-order valence-corrected chi connectivity index (χ1v) is 5.16. The van der Waals surface area contributed by atoms with Crippen molar-refractivity contribution in [1.29, 1.82) is 0 Å². The Kier molecular flexibility index (Phi) is 3.00. The molecule has 1 aromatic rings. The lowest BCUT2D eigenvalue weighted by atomic mass is 10.0. The summed E-state index contributed by atoms with van der Waals surface area (Å²) < 4.78 is 5.68. The van der Waals surface area contributed by atoms with Crippen molar-refractivity contribution in [3.8, 4) is 0 Å². The van der Waals surface area contributed by atoms with E-state index in [2.05, 4.69) is 43.3 Å². The van der Waals surface area contributed by atoms with E-state index in [0.29, 0.717) is 6.10 Å². The Hall–Kier alpha value is -1.08. The van der Waals surface area contributed by atoms with Gasteiger partial charge >= 0.3 is 0 Å². The molecule has 0 saturated carbocycles. The van der Waals surface area contributed by atoms with Crippen LogP contribution in [0, 0.1) is 0 Å². The van der Waals surface area contributed by atoms with Gasteiger partial charge in [0.15, 0.2) is 0 Å². The molecule has 0 fully saturated rings. The van der Waals surface area contributed by atoms with Crippen molar-refractivity contribution in [1.82, 2.24) is 0 Å². The predicted molar refractivity (Wildman–Crippen MR) is 58.3 cm³/mol. The highest BCUT2D eigenvalue weighted by Gasteiger charge is 2.13. The Balaban J connectivity index is 1.96. The maximum atomic E-state index is 5.68. The van der Waals surface area contributed by atoms with Gasteiger partial charge in [-0.3, -0.25) is 0 Å². The largest absolute Gasteiger partial charge is 0.373 e. The topological polar surface area (TPSA) is 9.23 Å². The monoisotopic (exact) mass is 188 g/mol. The molecular weight excluding hydrogens is 172 g/mol. The molecule has 1 atom stereocenters. The molecule has 0 aromatic heterocycles. The van der Waals surface area contributed by atoms with Crippen molar-refractivity contribution in [3.05, 3.63) is 47.5 Å². The van der Waals surface area contributed by atoms with E-state index in [9.17, 15) is 0 Å². The summed E-state index contributed by atoms with van der Waals surface area (Å²) in [5.41, 5.74) is 2.82. The molecule has 1 unspecified atom stereocenters. The number of rotatable bonds is 2. The van der Waals surface area contributed by atoms with Crippen molar-refractivity contribution in [2.24, 2.45) is 0 Å². The predicted octanol–water partition coefficient (Wildman–Crippen LogP) is 2.96. The Labute approximate surface area is 85.4 Å². The number of hydrogen-bond donors (Lipinski definition) is 0. The van der Waals surface area contributed by atoms with Crippen molar-refractivity contribution in [3.63, 3.8) is 0 Å². The average molecular weight is 188 g/mol. The second-order valence-corrected chi connectivity index (χ2v) is 3.90. The molecule has 0 spiro atoms. The van der Waals surface area contributed by atoms with Gasteiger partial charge in [-0.1, -0.05) is 42.0 Å². The Morgan fingerprint density at radius 1 is 1.29 bits per heavy atom. The summed E-state index contributed by atoms with van der Waals surface area (Å²) in [6.45, 7) is 2.96. The second kappa shape index (κ2) is 4.43. The lowest BCUT2D eigenvalue weighted by molar-refractivity contribution is 0.0649. The number of benzene rings is 1. The molecule has 2 rings (SSSR count). The summed E-state index contributed by atoms with van der Waals surface area (Å²) in [4.78, 5) is 0. The van der Waals surface area contributed by atoms with Gasteiger partial charge in [0.2, 0.25) is 0 Å². The van der Waals surface area contributed by atoms with Gasteiger partial charge in [0.05, 0.1) is 12.7 Å². The van der Waals surface area contributed by atoms with Gasteiger partial charge in [0.25, 0.3) is 0 Å². The summed E-state index contributed by atoms with van der Waals surface area (Å²) >= 11 is 0. The molecular formula is C13H16O. The Bertz CT molecular complexity index is 313. The highest BCUT2D eigenvalue weighted by molar-refractivity contribution is 5.16. The highest BCUT2D eigenvalue weighted by atomic mass is 16.5. The van der Waals surface area contributed by atoms with Crippen LogP contribution in [-0.4, -0.2) is 12.7 Å². The Morgan fingerprint density at radius 3 is 2.79 bits per heavy atom. The van der Waals surface area contributed by atoms with E-state index in [0.717, 1.165) is 19.4 Å². The molecule has 1 heterocycles. The van der Waals surface area contributed by atoms with E-state index in [1.165, 1.54) is 11.1 Å². The van der Waals surface area contributed by atoms with Crippen molar-refractivity contribution < 1.29 is 4.74 Å². The molecule has 74 valence electrons. The third-order valence-corrected chi connectivity index (χ3v) is 2.62. The van der Waals surface area contributed by atoms with Crippen LogP contribution in [0.1, 0.15) is 18.9 Å². The lowest BCUT2D eigenvalue weighted by Crippen LogP contribution is -2.20. The molecule has 0 aliphatic carbocycles. The van der Waals surface area contributed by atoms with E-state index < -0.39 is 0 Å². The first kappa shape index (κ1) is 9.47. The van der Waals surface area contributed by atoms with Crippen LogP contribution in [-0.2, 0) is 11.2 Å². The quantitative estimate of drug-likeness (QED) is 0.648. The van der Waals surface area contributed by atoms with Crippen LogP contribution in [0.2, 0.25) is 0 Å². The van der Waals surface area contributed by atoms with Crippen LogP contribution in [0.4, 0.5) is 0 Å². The molecule has 0 bridgehead atoms. The molecule has 1 aromatic carbocycles. The third-order valence-electron chi connectivity index (χ3n) is 2.62. The second-order valence-electron chi connectivity index (χ2n) is 3.90. The molecule has 0 N–H and O–H groups in total. The maximum absolute atomic E-state index is 5.68. The van der Waals surface area contributed by atoms with Crippen LogP contribution in [0.15, 0.2) is 42.0 Å². The summed E-state index contributed by atoms with van der Waals surface area (Å²) in [6.07, 6.45) is 4.66. The van der Waals surface area contributed by atoms with E-state index in [1.807, 2.05) is 0 Å². The van der Waals surface area contributed by atoms with Gasteiger partial charge in [-0.25, -0.2) is 0 Å². The standard InChI is InChI=1S/C13H16O/c1-11-7-8-14-13(9-11)10-12-5-3-2-4-6-12/h2-7,13H,8-10H2,1H3. The van der Waals surface area contributed by atoms with E-state index in [1.54, 1.807) is 0 Å². The fraction of sp³-hybridized carbons (Fsp3) is 0.385. The molecule has 1 aliphatic rings. The van der Waals surface area contributed by atoms with Crippen LogP contribution >= 0.6 is 0 Å². The van der Waals surface area contributed by atoms with Crippen LogP contribution in [0.3, 0.4) is 0 Å². The lowest BCUT2D eigenvalue weighted by Gasteiger charge is -2.21. The zero-order valence-corrected chi connectivity index (χ0v) is 8.57.